The summed E-state index contributed by atoms with van der Waals surface area (Å²) in [4.78, 5) is 13.8. The van der Waals surface area contributed by atoms with E-state index in [0.717, 1.165) is 17.7 Å². The van der Waals surface area contributed by atoms with Gasteiger partial charge in [-0.05, 0) is 29.3 Å². The minimum absolute atomic E-state index is 0.151. The van der Waals surface area contributed by atoms with E-state index in [9.17, 15) is 4.79 Å². The predicted molar refractivity (Wildman–Crippen MR) is 113 cm³/mol. The highest BCUT2D eigenvalue weighted by atomic mass is 35.5. The number of likely N-dealkylation sites (tertiary alicyclic amines) is 1. The number of halogens is 1. The van der Waals surface area contributed by atoms with Crippen LogP contribution in [0.2, 0.25) is 5.02 Å². The highest BCUT2D eigenvalue weighted by molar-refractivity contribution is 6.32. The standard InChI is InChI=1S/C23H25ClN2O3/c24-20-13-19(14-21-23(20)29-12-11-28-21)7-8-22(27)25-15-17-3-5-18(6-4-17)16-26-9-1-2-10-26/h3-8,13-14H,1-2,9-12,15-16H2,(H,25,27)/p+1/b8-7+. The molecule has 152 valence electrons. The summed E-state index contributed by atoms with van der Waals surface area (Å²) in [6.07, 6.45) is 5.91. The molecule has 1 fully saturated rings. The Bertz CT molecular complexity index is 890. The average molecular weight is 414 g/mol. The fraction of sp³-hybridized carbons (Fsp3) is 0.348. The topological polar surface area (TPSA) is 52.0 Å². The second kappa shape index (κ2) is 9.33. The third kappa shape index (κ3) is 5.31. The number of carbonyl (C=O) groups excluding carboxylic acids is 1. The van der Waals surface area contributed by atoms with Crippen LogP contribution in [0.15, 0.2) is 42.5 Å². The lowest BCUT2D eigenvalue weighted by molar-refractivity contribution is -0.901. The van der Waals surface area contributed by atoms with Gasteiger partial charge >= 0.3 is 0 Å². The molecule has 2 heterocycles. The lowest BCUT2D eigenvalue weighted by Gasteiger charge is -2.19. The highest BCUT2D eigenvalue weighted by Crippen LogP contribution is 2.38. The number of carbonyl (C=O) groups is 1. The molecule has 29 heavy (non-hydrogen) atoms. The van der Waals surface area contributed by atoms with E-state index in [-0.39, 0.29) is 5.91 Å². The van der Waals surface area contributed by atoms with Crippen molar-refractivity contribution >= 4 is 23.6 Å². The van der Waals surface area contributed by atoms with Crippen molar-refractivity contribution in [3.8, 4) is 11.5 Å². The van der Waals surface area contributed by atoms with Crippen molar-refractivity contribution in [2.24, 2.45) is 0 Å². The first-order valence-corrected chi connectivity index (χ1v) is 10.5. The van der Waals surface area contributed by atoms with Crippen LogP contribution in [0.4, 0.5) is 0 Å². The van der Waals surface area contributed by atoms with Crippen LogP contribution < -0.4 is 19.7 Å². The highest BCUT2D eigenvalue weighted by Gasteiger charge is 2.16. The van der Waals surface area contributed by atoms with Crippen LogP contribution in [0.5, 0.6) is 11.5 Å². The molecule has 0 atom stereocenters. The van der Waals surface area contributed by atoms with Gasteiger partial charge in [0.15, 0.2) is 11.5 Å². The summed E-state index contributed by atoms with van der Waals surface area (Å²) in [5.74, 6) is 1.02. The molecule has 0 unspecified atom stereocenters. The number of hydrogen-bond donors (Lipinski definition) is 2. The number of amides is 1. The zero-order valence-electron chi connectivity index (χ0n) is 16.4. The SMILES string of the molecule is O=C(/C=C/c1cc(Cl)c2c(c1)OCCO2)NCc1ccc(C[NH+]2CCCC2)cc1. The maximum Gasteiger partial charge on any atom is 0.244 e. The van der Waals surface area contributed by atoms with E-state index in [1.807, 2.05) is 6.07 Å². The van der Waals surface area contributed by atoms with Crippen LogP contribution in [-0.4, -0.2) is 32.2 Å². The smallest absolute Gasteiger partial charge is 0.244 e. The van der Waals surface area contributed by atoms with Gasteiger partial charge in [-0.3, -0.25) is 4.79 Å². The minimum atomic E-state index is -0.151. The van der Waals surface area contributed by atoms with Crippen LogP contribution in [0.1, 0.15) is 29.5 Å². The fourth-order valence-corrected chi connectivity index (χ4v) is 4.04. The number of rotatable bonds is 6. The number of ether oxygens (including phenoxy) is 2. The molecule has 2 aromatic rings. The van der Waals surface area contributed by atoms with Crippen molar-refractivity contribution in [2.45, 2.75) is 25.9 Å². The van der Waals surface area contributed by atoms with Crippen molar-refractivity contribution in [3.05, 3.63) is 64.2 Å². The van der Waals surface area contributed by atoms with Gasteiger partial charge in [-0.25, -0.2) is 0 Å². The summed E-state index contributed by atoms with van der Waals surface area (Å²) in [6, 6.07) is 12.1. The van der Waals surface area contributed by atoms with E-state index in [4.69, 9.17) is 21.1 Å². The molecule has 0 spiro atoms. The largest absolute Gasteiger partial charge is 0.486 e. The Kier molecular flexibility index (Phi) is 6.37. The van der Waals surface area contributed by atoms with Gasteiger partial charge in [0.1, 0.15) is 19.8 Å². The number of nitrogens with one attached hydrogen (secondary N) is 2. The molecule has 1 saturated heterocycles. The van der Waals surface area contributed by atoms with Crippen LogP contribution in [0.3, 0.4) is 0 Å². The molecule has 2 aliphatic rings. The number of benzene rings is 2. The van der Waals surface area contributed by atoms with E-state index in [1.54, 1.807) is 17.0 Å². The van der Waals surface area contributed by atoms with Crippen LogP contribution in [0, 0.1) is 0 Å². The minimum Gasteiger partial charge on any atom is -0.486 e. The number of hydrogen-bond acceptors (Lipinski definition) is 3. The molecular formula is C23H26ClN2O3+. The van der Waals surface area contributed by atoms with Crippen molar-refractivity contribution in [1.29, 1.82) is 0 Å². The van der Waals surface area contributed by atoms with Gasteiger partial charge in [-0.15, -0.1) is 0 Å². The number of quaternary nitrogens is 1. The Morgan fingerprint density at radius 3 is 2.59 bits per heavy atom. The van der Waals surface area contributed by atoms with E-state index in [0.29, 0.717) is 36.3 Å². The Balaban J connectivity index is 1.29. The third-order valence-electron chi connectivity index (χ3n) is 5.30. The maximum absolute atomic E-state index is 12.2. The molecule has 6 heteroatoms. The lowest BCUT2D eigenvalue weighted by Crippen LogP contribution is -3.08. The number of fused-ring (bicyclic) bond motifs is 1. The Labute approximate surface area is 176 Å². The first-order chi connectivity index (χ1) is 14.2. The second-order valence-corrected chi connectivity index (χ2v) is 7.94. The van der Waals surface area contributed by atoms with Crippen molar-refractivity contribution in [3.63, 3.8) is 0 Å². The normalized spacial score (nSPS) is 16.3. The van der Waals surface area contributed by atoms with E-state index < -0.39 is 0 Å². The predicted octanol–water partition coefficient (Wildman–Crippen LogP) is 2.62. The third-order valence-corrected chi connectivity index (χ3v) is 5.58. The quantitative estimate of drug-likeness (QED) is 0.716. The van der Waals surface area contributed by atoms with E-state index in [2.05, 4.69) is 29.6 Å². The van der Waals surface area contributed by atoms with Gasteiger partial charge in [-0.1, -0.05) is 35.9 Å². The van der Waals surface area contributed by atoms with Crippen LogP contribution in [-0.2, 0) is 17.9 Å². The van der Waals surface area contributed by atoms with E-state index >= 15 is 0 Å². The van der Waals surface area contributed by atoms with Crippen molar-refractivity contribution < 1.29 is 19.2 Å². The first kappa shape index (κ1) is 19.8. The summed E-state index contributed by atoms with van der Waals surface area (Å²) < 4.78 is 11.1. The maximum atomic E-state index is 12.2. The van der Waals surface area contributed by atoms with Gasteiger partial charge in [0, 0.05) is 31.0 Å². The van der Waals surface area contributed by atoms with Crippen molar-refractivity contribution in [2.75, 3.05) is 26.3 Å². The van der Waals surface area contributed by atoms with Crippen LogP contribution in [0.25, 0.3) is 6.08 Å². The Morgan fingerprint density at radius 2 is 1.79 bits per heavy atom. The second-order valence-electron chi connectivity index (χ2n) is 7.53. The molecule has 2 aliphatic heterocycles. The molecule has 2 aromatic carbocycles. The van der Waals surface area contributed by atoms with Crippen LogP contribution >= 0.6 is 11.6 Å². The van der Waals surface area contributed by atoms with Gasteiger partial charge in [0.2, 0.25) is 5.91 Å². The molecule has 2 N–H and O–H groups in total. The molecule has 0 aromatic heterocycles. The summed E-state index contributed by atoms with van der Waals surface area (Å²) in [7, 11) is 0. The zero-order valence-corrected chi connectivity index (χ0v) is 17.1. The molecule has 0 radical (unpaired) electrons. The van der Waals surface area contributed by atoms with E-state index in [1.165, 1.54) is 37.6 Å². The van der Waals surface area contributed by atoms with Crippen molar-refractivity contribution in [1.82, 2.24) is 5.32 Å². The van der Waals surface area contributed by atoms with Gasteiger partial charge in [0.25, 0.3) is 0 Å². The summed E-state index contributed by atoms with van der Waals surface area (Å²) in [6.45, 7) is 5.13. The monoisotopic (exact) mass is 413 g/mol. The molecule has 0 bridgehead atoms. The average Bonchev–Trinajstić information content (AvgIpc) is 3.25. The Morgan fingerprint density at radius 1 is 1.07 bits per heavy atom. The molecule has 1 amide bonds. The molecule has 0 saturated carbocycles. The zero-order chi connectivity index (χ0) is 20.1. The Hall–Kier alpha value is -2.50. The summed E-state index contributed by atoms with van der Waals surface area (Å²) in [5, 5.41) is 3.40. The summed E-state index contributed by atoms with van der Waals surface area (Å²) >= 11 is 6.23. The molecule has 0 aliphatic carbocycles. The van der Waals surface area contributed by atoms with Gasteiger partial charge < -0.3 is 19.7 Å². The first-order valence-electron chi connectivity index (χ1n) is 10.1. The molecule has 5 nitrogen and oxygen atoms in total. The van der Waals surface area contributed by atoms with Gasteiger partial charge in [0.05, 0.1) is 18.1 Å². The summed E-state index contributed by atoms with van der Waals surface area (Å²) in [5.41, 5.74) is 3.24. The lowest BCUT2D eigenvalue weighted by atomic mass is 10.1. The van der Waals surface area contributed by atoms with Gasteiger partial charge in [-0.2, -0.15) is 0 Å². The molecule has 4 rings (SSSR count). The fourth-order valence-electron chi connectivity index (χ4n) is 3.76. The molecular weight excluding hydrogens is 388 g/mol.